The lowest BCUT2D eigenvalue weighted by Gasteiger charge is -2.30. The van der Waals surface area contributed by atoms with Gasteiger partial charge >= 0.3 is 0 Å². The SMILES string of the molecule is Cc1cn(CC(=O)N2CCC(C)CC2)c2ccccc12. The molecule has 1 saturated heterocycles. The molecule has 0 spiro atoms. The fourth-order valence-electron chi connectivity index (χ4n) is 3.06. The Morgan fingerprint density at radius 1 is 1.25 bits per heavy atom. The second-order valence-electron chi connectivity index (χ2n) is 6.02. The summed E-state index contributed by atoms with van der Waals surface area (Å²) in [5.41, 5.74) is 2.39. The number of likely N-dealkylation sites (tertiary alicyclic amines) is 1. The van der Waals surface area contributed by atoms with Crippen LogP contribution in [0.1, 0.15) is 25.3 Å². The van der Waals surface area contributed by atoms with E-state index in [0.29, 0.717) is 6.54 Å². The van der Waals surface area contributed by atoms with Gasteiger partial charge in [0.2, 0.25) is 5.91 Å². The van der Waals surface area contributed by atoms with Gasteiger partial charge in [-0.1, -0.05) is 25.1 Å². The molecular formula is C17H22N2O. The first-order chi connectivity index (χ1) is 9.65. The van der Waals surface area contributed by atoms with Gasteiger partial charge in [0.25, 0.3) is 0 Å². The summed E-state index contributed by atoms with van der Waals surface area (Å²) in [5, 5.41) is 1.24. The number of aromatic nitrogens is 1. The van der Waals surface area contributed by atoms with Crippen molar-refractivity contribution in [2.24, 2.45) is 5.92 Å². The van der Waals surface area contributed by atoms with Crippen molar-refractivity contribution >= 4 is 16.8 Å². The summed E-state index contributed by atoms with van der Waals surface area (Å²) >= 11 is 0. The molecule has 2 heterocycles. The summed E-state index contributed by atoms with van der Waals surface area (Å²) in [6.45, 7) is 6.66. The molecule has 3 nitrogen and oxygen atoms in total. The van der Waals surface area contributed by atoms with Crippen LogP contribution >= 0.6 is 0 Å². The lowest BCUT2D eigenvalue weighted by Crippen LogP contribution is -2.39. The van der Waals surface area contributed by atoms with E-state index in [4.69, 9.17) is 0 Å². The largest absolute Gasteiger partial charge is 0.341 e. The molecule has 0 saturated carbocycles. The van der Waals surface area contributed by atoms with Crippen LogP contribution in [0, 0.1) is 12.8 Å². The first kappa shape index (κ1) is 13.2. The Morgan fingerprint density at radius 2 is 1.95 bits per heavy atom. The molecule has 1 aromatic carbocycles. The van der Waals surface area contributed by atoms with Crippen molar-refractivity contribution in [3.05, 3.63) is 36.0 Å². The van der Waals surface area contributed by atoms with Crippen LogP contribution in [-0.4, -0.2) is 28.5 Å². The summed E-state index contributed by atoms with van der Waals surface area (Å²) in [7, 11) is 0. The summed E-state index contributed by atoms with van der Waals surface area (Å²) in [5.74, 6) is 1.01. The first-order valence-corrected chi connectivity index (χ1v) is 7.47. The molecule has 1 amide bonds. The molecule has 1 aliphatic heterocycles. The smallest absolute Gasteiger partial charge is 0.242 e. The maximum atomic E-state index is 12.4. The van der Waals surface area contributed by atoms with Gasteiger partial charge in [0.15, 0.2) is 0 Å². The molecule has 0 radical (unpaired) electrons. The van der Waals surface area contributed by atoms with Crippen molar-refractivity contribution in [3.63, 3.8) is 0 Å². The molecule has 3 heteroatoms. The van der Waals surface area contributed by atoms with Crippen LogP contribution in [0.2, 0.25) is 0 Å². The molecule has 1 aliphatic rings. The second kappa shape index (κ2) is 5.31. The van der Waals surface area contributed by atoms with E-state index in [2.05, 4.69) is 36.7 Å². The van der Waals surface area contributed by atoms with Crippen LogP contribution in [0.5, 0.6) is 0 Å². The topological polar surface area (TPSA) is 25.2 Å². The monoisotopic (exact) mass is 270 g/mol. The Hall–Kier alpha value is -1.77. The van der Waals surface area contributed by atoms with Gasteiger partial charge in [-0.25, -0.2) is 0 Å². The minimum absolute atomic E-state index is 0.248. The Labute approximate surface area is 120 Å². The van der Waals surface area contributed by atoms with Crippen LogP contribution in [0.4, 0.5) is 0 Å². The highest BCUT2D eigenvalue weighted by molar-refractivity contribution is 5.86. The van der Waals surface area contributed by atoms with E-state index in [9.17, 15) is 4.79 Å². The van der Waals surface area contributed by atoms with Gasteiger partial charge in [-0.3, -0.25) is 4.79 Å². The number of hydrogen-bond acceptors (Lipinski definition) is 1. The predicted molar refractivity (Wildman–Crippen MR) is 81.7 cm³/mol. The number of nitrogens with zero attached hydrogens (tertiary/aromatic N) is 2. The average molecular weight is 270 g/mol. The molecule has 1 aromatic heterocycles. The van der Waals surface area contributed by atoms with E-state index < -0.39 is 0 Å². The quantitative estimate of drug-likeness (QED) is 0.822. The normalized spacial score (nSPS) is 16.8. The molecule has 0 aliphatic carbocycles. The number of carbonyl (C=O) groups excluding carboxylic acids is 1. The molecule has 20 heavy (non-hydrogen) atoms. The van der Waals surface area contributed by atoms with Gasteiger partial charge in [0.05, 0.1) is 0 Å². The predicted octanol–water partition coefficient (Wildman–Crippen LogP) is 3.21. The van der Waals surface area contributed by atoms with Crippen molar-refractivity contribution in [1.82, 2.24) is 9.47 Å². The zero-order valence-corrected chi connectivity index (χ0v) is 12.3. The fraction of sp³-hybridized carbons (Fsp3) is 0.471. The molecule has 1 fully saturated rings. The van der Waals surface area contributed by atoms with E-state index in [-0.39, 0.29) is 5.91 Å². The van der Waals surface area contributed by atoms with Gasteiger partial charge < -0.3 is 9.47 Å². The van der Waals surface area contributed by atoms with E-state index in [0.717, 1.165) is 37.4 Å². The zero-order valence-electron chi connectivity index (χ0n) is 12.3. The molecule has 3 rings (SSSR count). The van der Waals surface area contributed by atoms with E-state index in [1.54, 1.807) is 0 Å². The van der Waals surface area contributed by atoms with Crippen molar-refractivity contribution < 1.29 is 4.79 Å². The van der Waals surface area contributed by atoms with Gasteiger partial charge in [-0.2, -0.15) is 0 Å². The minimum Gasteiger partial charge on any atom is -0.341 e. The molecule has 0 unspecified atom stereocenters. The summed E-state index contributed by atoms with van der Waals surface area (Å²) in [4.78, 5) is 14.5. The highest BCUT2D eigenvalue weighted by atomic mass is 16.2. The number of rotatable bonds is 2. The number of amides is 1. The second-order valence-corrected chi connectivity index (χ2v) is 6.02. The molecule has 106 valence electrons. The van der Waals surface area contributed by atoms with Gasteiger partial charge in [-0.15, -0.1) is 0 Å². The zero-order chi connectivity index (χ0) is 14.1. The number of piperidine rings is 1. The number of aryl methyl sites for hydroxylation is 1. The van der Waals surface area contributed by atoms with Crippen molar-refractivity contribution in [3.8, 4) is 0 Å². The third kappa shape index (κ3) is 2.45. The van der Waals surface area contributed by atoms with Crippen LogP contribution in [0.15, 0.2) is 30.5 Å². The third-order valence-corrected chi connectivity index (χ3v) is 4.43. The minimum atomic E-state index is 0.248. The number of benzene rings is 1. The van der Waals surface area contributed by atoms with Gasteiger partial charge in [0.1, 0.15) is 6.54 Å². The lowest BCUT2D eigenvalue weighted by molar-refractivity contribution is -0.133. The van der Waals surface area contributed by atoms with Gasteiger partial charge in [-0.05, 0) is 37.3 Å². The summed E-state index contributed by atoms with van der Waals surface area (Å²) in [6.07, 6.45) is 4.36. The molecule has 0 atom stereocenters. The first-order valence-electron chi connectivity index (χ1n) is 7.47. The number of para-hydroxylation sites is 1. The average Bonchev–Trinajstić information content (AvgIpc) is 2.77. The van der Waals surface area contributed by atoms with E-state index >= 15 is 0 Å². The molecular weight excluding hydrogens is 248 g/mol. The number of carbonyl (C=O) groups is 1. The highest BCUT2D eigenvalue weighted by Gasteiger charge is 2.20. The standard InChI is InChI=1S/C17H22N2O/c1-13-7-9-18(10-8-13)17(20)12-19-11-14(2)15-5-3-4-6-16(15)19/h3-6,11,13H,7-10,12H2,1-2H3. The van der Waals surface area contributed by atoms with Crippen LogP contribution in [0.25, 0.3) is 10.9 Å². The lowest BCUT2D eigenvalue weighted by atomic mass is 9.99. The molecule has 0 bridgehead atoms. The maximum Gasteiger partial charge on any atom is 0.242 e. The van der Waals surface area contributed by atoms with Crippen LogP contribution in [-0.2, 0) is 11.3 Å². The van der Waals surface area contributed by atoms with E-state index in [1.165, 1.54) is 10.9 Å². The van der Waals surface area contributed by atoms with Crippen molar-refractivity contribution in [2.75, 3.05) is 13.1 Å². The number of fused-ring (bicyclic) bond motifs is 1. The molecule has 2 aromatic rings. The number of hydrogen-bond donors (Lipinski definition) is 0. The van der Waals surface area contributed by atoms with Crippen molar-refractivity contribution in [2.45, 2.75) is 33.2 Å². The fourth-order valence-corrected chi connectivity index (χ4v) is 3.06. The van der Waals surface area contributed by atoms with Gasteiger partial charge in [0, 0.05) is 30.2 Å². The Morgan fingerprint density at radius 3 is 2.70 bits per heavy atom. The highest BCUT2D eigenvalue weighted by Crippen LogP contribution is 2.21. The summed E-state index contributed by atoms with van der Waals surface area (Å²) < 4.78 is 2.09. The van der Waals surface area contributed by atoms with E-state index in [1.807, 2.05) is 17.0 Å². The summed E-state index contributed by atoms with van der Waals surface area (Å²) in [6, 6.07) is 8.29. The van der Waals surface area contributed by atoms with Crippen LogP contribution < -0.4 is 0 Å². The Kier molecular flexibility index (Phi) is 3.51. The van der Waals surface area contributed by atoms with Crippen LogP contribution in [0.3, 0.4) is 0 Å². The van der Waals surface area contributed by atoms with Crippen molar-refractivity contribution in [1.29, 1.82) is 0 Å². The Balaban J connectivity index is 1.78. The third-order valence-electron chi connectivity index (χ3n) is 4.43. The Bertz CT molecular complexity index is 621. The maximum absolute atomic E-state index is 12.4. The molecule has 0 N–H and O–H groups in total.